The molecule has 2 aromatic rings. The average Bonchev–Trinajstić information content (AvgIpc) is 3.28. The van der Waals surface area contributed by atoms with Crippen LogP contribution in [0.2, 0.25) is 5.15 Å². The number of hydrogen-bond donors (Lipinski definition) is 0. The van der Waals surface area contributed by atoms with Crippen LogP contribution in [0.5, 0.6) is 5.75 Å². The first-order valence-corrected chi connectivity index (χ1v) is 7.98. The average molecular weight is 401 g/mol. The lowest BCUT2D eigenvalue weighted by Gasteiger charge is -2.08. The van der Waals surface area contributed by atoms with E-state index in [0.717, 1.165) is 26.4 Å². The third-order valence-corrected chi connectivity index (χ3v) is 5.02. The van der Waals surface area contributed by atoms with Crippen LogP contribution in [0.15, 0.2) is 24.3 Å². The third-order valence-electron chi connectivity index (χ3n) is 3.37. The molecule has 20 heavy (non-hydrogen) atoms. The van der Waals surface area contributed by atoms with E-state index in [9.17, 15) is 0 Å². The lowest BCUT2D eigenvalue weighted by molar-refractivity contribution is 0.414. The van der Waals surface area contributed by atoms with Gasteiger partial charge < -0.3 is 4.74 Å². The van der Waals surface area contributed by atoms with Gasteiger partial charge in [-0.15, -0.1) is 0 Å². The van der Waals surface area contributed by atoms with E-state index < -0.39 is 0 Å². The van der Waals surface area contributed by atoms with Crippen molar-refractivity contribution in [2.24, 2.45) is 0 Å². The zero-order valence-electron chi connectivity index (χ0n) is 11.1. The second-order valence-corrected chi connectivity index (χ2v) is 6.37. The van der Waals surface area contributed by atoms with E-state index in [1.807, 2.05) is 24.3 Å². The summed E-state index contributed by atoms with van der Waals surface area (Å²) in [5.74, 6) is 2.23. The predicted octanol–water partition coefficient (Wildman–Crippen LogP) is 4.21. The van der Waals surface area contributed by atoms with Crippen LogP contribution >= 0.6 is 34.2 Å². The molecule has 0 radical (unpaired) electrons. The van der Waals surface area contributed by atoms with Crippen molar-refractivity contribution in [2.75, 3.05) is 7.11 Å². The smallest absolute Gasteiger partial charge is 0.146 e. The van der Waals surface area contributed by atoms with E-state index >= 15 is 0 Å². The number of hydrogen-bond acceptors (Lipinski definition) is 3. The SMILES string of the molecule is COc1ccc(Cc2nc(Cl)c(I)c(C3CC3)n2)cc1. The molecule has 1 aromatic heterocycles. The normalized spacial score (nSPS) is 14.3. The minimum absolute atomic E-state index is 0.575. The molecule has 104 valence electrons. The zero-order valence-corrected chi connectivity index (χ0v) is 14.0. The first kappa shape index (κ1) is 14.1. The number of aromatic nitrogens is 2. The van der Waals surface area contributed by atoms with Crippen molar-refractivity contribution in [2.45, 2.75) is 25.2 Å². The van der Waals surface area contributed by atoms with Crippen LogP contribution in [0.3, 0.4) is 0 Å². The van der Waals surface area contributed by atoms with Gasteiger partial charge in [0.1, 0.15) is 16.7 Å². The number of methoxy groups -OCH3 is 1. The Labute approximate surface area is 136 Å². The Morgan fingerprint density at radius 3 is 2.55 bits per heavy atom. The van der Waals surface area contributed by atoms with Crippen molar-refractivity contribution in [3.05, 3.63) is 50.1 Å². The molecule has 1 fully saturated rings. The van der Waals surface area contributed by atoms with Crippen LogP contribution in [-0.2, 0) is 6.42 Å². The van der Waals surface area contributed by atoms with Crippen LogP contribution in [0, 0.1) is 3.57 Å². The first-order valence-electron chi connectivity index (χ1n) is 6.52. The highest BCUT2D eigenvalue weighted by atomic mass is 127. The molecule has 1 saturated carbocycles. The van der Waals surface area contributed by atoms with Gasteiger partial charge >= 0.3 is 0 Å². The highest BCUT2D eigenvalue weighted by Crippen LogP contribution is 2.42. The molecule has 3 rings (SSSR count). The van der Waals surface area contributed by atoms with E-state index in [-0.39, 0.29) is 0 Å². The van der Waals surface area contributed by atoms with Gasteiger partial charge in [-0.3, -0.25) is 0 Å². The van der Waals surface area contributed by atoms with Gasteiger partial charge in [-0.05, 0) is 53.1 Å². The number of nitrogens with zero attached hydrogens (tertiary/aromatic N) is 2. The van der Waals surface area contributed by atoms with E-state index in [1.165, 1.54) is 12.8 Å². The topological polar surface area (TPSA) is 35.0 Å². The van der Waals surface area contributed by atoms with Crippen molar-refractivity contribution < 1.29 is 4.74 Å². The molecule has 0 aliphatic heterocycles. The molecule has 0 unspecified atom stereocenters. The summed E-state index contributed by atoms with van der Waals surface area (Å²) in [6.45, 7) is 0. The highest BCUT2D eigenvalue weighted by Gasteiger charge is 2.29. The maximum atomic E-state index is 6.23. The first-order chi connectivity index (χ1) is 9.67. The van der Waals surface area contributed by atoms with Crippen LogP contribution in [0.4, 0.5) is 0 Å². The van der Waals surface area contributed by atoms with Gasteiger partial charge in [0.25, 0.3) is 0 Å². The molecule has 0 bridgehead atoms. The fourth-order valence-electron chi connectivity index (χ4n) is 2.11. The largest absolute Gasteiger partial charge is 0.497 e. The quantitative estimate of drug-likeness (QED) is 0.569. The minimum atomic E-state index is 0.575. The van der Waals surface area contributed by atoms with E-state index in [0.29, 0.717) is 17.5 Å². The summed E-state index contributed by atoms with van der Waals surface area (Å²) >= 11 is 8.47. The second kappa shape index (κ2) is 5.85. The predicted molar refractivity (Wildman–Crippen MR) is 87.5 cm³/mol. The molecule has 1 aliphatic carbocycles. The summed E-state index contributed by atoms with van der Waals surface area (Å²) in [7, 11) is 1.67. The molecule has 3 nitrogen and oxygen atoms in total. The van der Waals surface area contributed by atoms with Gasteiger partial charge in [0, 0.05) is 12.3 Å². The number of rotatable bonds is 4. The molecule has 1 heterocycles. The Kier molecular flexibility index (Phi) is 4.12. The van der Waals surface area contributed by atoms with Gasteiger partial charge in [-0.2, -0.15) is 0 Å². The molecule has 0 N–H and O–H groups in total. The molecular formula is C15H14ClIN2O. The highest BCUT2D eigenvalue weighted by molar-refractivity contribution is 14.1. The molecular weight excluding hydrogens is 387 g/mol. The summed E-state index contributed by atoms with van der Waals surface area (Å²) < 4.78 is 6.16. The maximum Gasteiger partial charge on any atom is 0.146 e. The number of halogens is 2. The van der Waals surface area contributed by atoms with Crippen molar-refractivity contribution in [1.82, 2.24) is 9.97 Å². The zero-order chi connectivity index (χ0) is 14.1. The van der Waals surface area contributed by atoms with Crippen molar-refractivity contribution in [1.29, 1.82) is 0 Å². The molecule has 0 saturated heterocycles. The van der Waals surface area contributed by atoms with Crippen molar-refractivity contribution in [3.8, 4) is 5.75 Å². The Morgan fingerprint density at radius 2 is 1.95 bits per heavy atom. The van der Waals surface area contributed by atoms with Crippen LogP contribution in [-0.4, -0.2) is 17.1 Å². The Morgan fingerprint density at radius 1 is 1.25 bits per heavy atom. The van der Waals surface area contributed by atoms with Crippen molar-refractivity contribution in [3.63, 3.8) is 0 Å². The molecule has 0 atom stereocenters. The van der Waals surface area contributed by atoms with Crippen molar-refractivity contribution >= 4 is 34.2 Å². The number of benzene rings is 1. The lowest BCUT2D eigenvalue weighted by Crippen LogP contribution is -2.03. The van der Waals surface area contributed by atoms with E-state index in [1.54, 1.807) is 7.11 Å². The summed E-state index contributed by atoms with van der Waals surface area (Å²) in [6.07, 6.45) is 3.12. The molecule has 0 amide bonds. The van der Waals surface area contributed by atoms with Crippen LogP contribution < -0.4 is 4.74 Å². The van der Waals surface area contributed by atoms with Gasteiger partial charge in [-0.25, -0.2) is 9.97 Å². The summed E-state index contributed by atoms with van der Waals surface area (Å²) in [5, 5.41) is 0.575. The molecule has 1 aliphatic rings. The fraction of sp³-hybridized carbons (Fsp3) is 0.333. The summed E-state index contributed by atoms with van der Waals surface area (Å²) in [5.41, 5.74) is 2.28. The Balaban J connectivity index is 1.86. The number of ether oxygens (including phenoxy) is 1. The van der Waals surface area contributed by atoms with E-state index in [4.69, 9.17) is 21.3 Å². The van der Waals surface area contributed by atoms with Crippen LogP contribution in [0.25, 0.3) is 0 Å². The van der Waals surface area contributed by atoms with Gasteiger partial charge in [0.05, 0.1) is 16.4 Å². The lowest BCUT2D eigenvalue weighted by atomic mass is 10.1. The third kappa shape index (κ3) is 3.06. The van der Waals surface area contributed by atoms with E-state index in [2.05, 4.69) is 27.6 Å². The molecule has 5 heteroatoms. The molecule has 0 spiro atoms. The van der Waals surface area contributed by atoms with Gasteiger partial charge in [0.2, 0.25) is 0 Å². The Hall–Kier alpha value is -0.880. The van der Waals surface area contributed by atoms with Gasteiger partial charge in [-0.1, -0.05) is 23.7 Å². The Bertz CT molecular complexity index is 627. The summed E-state index contributed by atoms with van der Waals surface area (Å²) in [6, 6.07) is 7.96. The summed E-state index contributed by atoms with van der Waals surface area (Å²) in [4.78, 5) is 9.10. The maximum absolute atomic E-state index is 6.23. The van der Waals surface area contributed by atoms with Crippen LogP contribution in [0.1, 0.15) is 35.8 Å². The molecule has 1 aromatic carbocycles. The van der Waals surface area contributed by atoms with Gasteiger partial charge in [0.15, 0.2) is 0 Å². The second-order valence-electron chi connectivity index (χ2n) is 4.93. The monoisotopic (exact) mass is 400 g/mol. The minimum Gasteiger partial charge on any atom is -0.497 e. The fourth-order valence-corrected chi connectivity index (χ4v) is 2.99. The standard InChI is InChI=1S/C15H14ClIN2O/c1-20-11-6-2-9(3-7-11)8-12-18-14(10-4-5-10)13(17)15(16)19-12/h2-3,6-7,10H,4-5,8H2,1H3.